The van der Waals surface area contributed by atoms with E-state index in [9.17, 15) is 14.7 Å². The molecule has 0 spiro atoms. The second-order valence-electron chi connectivity index (χ2n) is 15.5. The summed E-state index contributed by atoms with van der Waals surface area (Å²) in [5, 5.41) is 9.59. The van der Waals surface area contributed by atoms with E-state index in [0.29, 0.717) is 12.8 Å². The van der Waals surface area contributed by atoms with Gasteiger partial charge in [-0.1, -0.05) is 197 Å². The van der Waals surface area contributed by atoms with E-state index in [1.54, 1.807) is 0 Å². The minimum atomic E-state index is -0.796. The van der Waals surface area contributed by atoms with Crippen molar-refractivity contribution in [2.24, 2.45) is 0 Å². The molecule has 0 aliphatic carbocycles. The monoisotopic (exact) mass is 757 g/mol. The van der Waals surface area contributed by atoms with Crippen LogP contribution in [0, 0.1) is 0 Å². The van der Waals surface area contributed by atoms with E-state index >= 15 is 0 Å². The number of hydrogen-bond acceptors (Lipinski definition) is 5. The molecule has 0 aliphatic heterocycles. The molecule has 0 heterocycles. The summed E-state index contributed by atoms with van der Waals surface area (Å²) < 4.78 is 10.6. The van der Waals surface area contributed by atoms with Crippen LogP contribution in [0.4, 0.5) is 0 Å². The van der Waals surface area contributed by atoms with E-state index in [2.05, 4.69) is 62.5 Å². The van der Waals surface area contributed by atoms with Gasteiger partial charge < -0.3 is 14.6 Å². The van der Waals surface area contributed by atoms with Gasteiger partial charge in [-0.3, -0.25) is 9.59 Å². The van der Waals surface area contributed by atoms with Crippen LogP contribution in [0.5, 0.6) is 0 Å². The first kappa shape index (κ1) is 51.9. The molecule has 1 atom stereocenters. The van der Waals surface area contributed by atoms with E-state index in [1.807, 2.05) is 0 Å². The molecule has 0 aromatic heterocycles. The molecule has 5 heteroatoms. The molecular weight excluding hydrogens is 669 g/mol. The van der Waals surface area contributed by atoms with Gasteiger partial charge in [-0.25, -0.2) is 0 Å². The van der Waals surface area contributed by atoms with Crippen LogP contribution in [-0.2, 0) is 19.1 Å². The standard InChI is InChI=1S/C49H88O5/c1-3-5-7-9-11-13-15-17-19-21-22-23-24-25-26-28-30-32-34-36-38-40-42-44-49(52)54-47(45-50)46-53-48(51)43-41-39-37-35-33-31-29-27-20-18-16-14-12-10-8-6-4-2/h12,14,18,20,29,31,36,38,47,50H,3-11,13,15-17,19,21-28,30,32-35,37,39-46H2,1-2H3/b14-12+,20-18+,31-29+,38-36+/t47-/m0/s1. The maximum absolute atomic E-state index is 12.2. The van der Waals surface area contributed by atoms with E-state index in [0.717, 1.165) is 64.2 Å². The molecule has 314 valence electrons. The van der Waals surface area contributed by atoms with Crippen LogP contribution >= 0.6 is 0 Å². The van der Waals surface area contributed by atoms with Gasteiger partial charge >= 0.3 is 11.9 Å². The van der Waals surface area contributed by atoms with Crippen molar-refractivity contribution in [2.75, 3.05) is 13.2 Å². The fourth-order valence-electron chi connectivity index (χ4n) is 6.57. The molecule has 0 rings (SSSR count). The predicted octanol–water partition coefficient (Wildman–Crippen LogP) is 15.0. The lowest BCUT2D eigenvalue weighted by Gasteiger charge is -2.15. The average molecular weight is 757 g/mol. The first-order chi connectivity index (χ1) is 26.6. The number of ether oxygens (including phenoxy) is 2. The summed E-state index contributed by atoms with van der Waals surface area (Å²) in [7, 11) is 0. The Labute approximate surface area is 335 Å². The lowest BCUT2D eigenvalue weighted by molar-refractivity contribution is -0.161. The lowest BCUT2D eigenvalue weighted by Crippen LogP contribution is -2.28. The van der Waals surface area contributed by atoms with Gasteiger partial charge in [0.1, 0.15) is 6.61 Å². The third kappa shape index (κ3) is 42.6. The van der Waals surface area contributed by atoms with Crippen molar-refractivity contribution in [3.63, 3.8) is 0 Å². The van der Waals surface area contributed by atoms with Crippen LogP contribution in [0.15, 0.2) is 48.6 Å². The van der Waals surface area contributed by atoms with Crippen LogP contribution in [-0.4, -0.2) is 36.4 Å². The highest BCUT2D eigenvalue weighted by Gasteiger charge is 2.16. The van der Waals surface area contributed by atoms with Crippen molar-refractivity contribution < 1.29 is 24.2 Å². The summed E-state index contributed by atoms with van der Waals surface area (Å²) >= 11 is 0. The largest absolute Gasteiger partial charge is 0.462 e. The molecule has 0 saturated heterocycles. The fraction of sp³-hybridized carbons (Fsp3) is 0.796. The van der Waals surface area contributed by atoms with E-state index in [1.165, 1.54) is 141 Å². The molecule has 0 radical (unpaired) electrons. The first-order valence-electron chi connectivity index (χ1n) is 23.2. The van der Waals surface area contributed by atoms with Crippen LogP contribution in [0.25, 0.3) is 0 Å². The van der Waals surface area contributed by atoms with Gasteiger partial charge in [0.25, 0.3) is 0 Å². The van der Waals surface area contributed by atoms with Gasteiger partial charge in [-0.05, 0) is 70.6 Å². The van der Waals surface area contributed by atoms with Gasteiger partial charge in [-0.15, -0.1) is 0 Å². The maximum Gasteiger partial charge on any atom is 0.306 e. The molecule has 0 amide bonds. The number of aliphatic hydroxyl groups is 1. The van der Waals surface area contributed by atoms with Crippen molar-refractivity contribution >= 4 is 11.9 Å². The van der Waals surface area contributed by atoms with E-state index < -0.39 is 6.10 Å². The highest BCUT2D eigenvalue weighted by atomic mass is 16.6. The Morgan fingerprint density at radius 1 is 0.426 bits per heavy atom. The molecular formula is C49H88O5. The normalized spacial score (nSPS) is 12.6. The first-order valence-corrected chi connectivity index (χ1v) is 23.2. The van der Waals surface area contributed by atoms with Gasteiger partial charge in [0.15, 0.2) is 6.10 Å². The van der Waals surface area contributed by atoms with E-state index in [-0.39, 0.29) is 25.2 Å². The third-order valence-corrected chi connectivity index (χ3v) is 10.1. The van der Waals surface area contributed by atoms with Crippen LogP contribution in [0.3, 0.4) is 0 Å². The number of esters is 2. The minimum Gasteiger partial charge on any atom is -0.462 e. The van der Waals surface area contributed by atoms with Gasteiger partial charge in [0.05, 0.1) is 6.61 Å². The van der Waals surface area contributed by atoms with Gasteiger partial charge in [0, 0.05) is 12.8 Å². The Morgan fingerprint density at radius 2 is 0.759 bits per heavy atom. The summed E-state index contributed by atoms with van der Waals surface area (Å²) in [5.41, 5.74) is 0. The molecule has 0 aromatic carbocycles. The molecule has 0 unspecified atom stereocenters. The zero-order valence-corrected chi connectivity index (χ0v) is 35.7. The summed E-state index contributed by atoms with van der Waals surface area (Å²) in [6.45, 7) is 4.09. The molecule has 0 saturated carbocycles. The fourth-order valence-corrected chi connectivity index (χ4v) is 6.57. The molecule has 54 heavy (non-hydrogen) atoms. The van der Waals surface area contributed by atoms with Gasteiger partial charge in [0.2, 0.25) is 0 Å². The molecule has 0 aliphatic rings. The van der Waals surface area contributed by atoms with Crippen LogP contribution in [0.1, 0.15) is 232 Å². The molecule has 5 nitrogen and oxygen atoms in total. The Hall–Kier alpha value is -2.14. The number of aliphatic hydroxyl groups excluding tert-OH is 1. The summed E-state index contributed by atoms with van der Waals surface area (Å²) in [6.07, 6.45) is 57.7. The summed E-state index contributed by atoms with van der Waals surface area (Å²) in [6, 6.07) is 0. The van der Waals surface area contributed by atoms with Crippen molar-refractivity contribution in [3.05, 3.63) is 48.6 Å². The smallest absolute Gasteiger partial charge is 0.306 e. The zero-order valence-electron chi connectivity index (χ0n) is 35.7. The number of carbonyl (C=O) groups excluding carboxylic acids is 2. The highest BCUT2D eigenvalue weighted by molar-refractivity contribution is 5.70. The van der Waals surface area contributed by atoms with Crippen LogP contribution in [0.2, 0.25) is 0 Å². The maximum atomic E-state index is 12.2. The second kappa shape index (κ2) is 45.3. The average Bonchev–Trinajstić information content (AvgIpc) is 3.17. The van der Waals surface area contributed by atoms with Gasteiger partial charge in [-0.2, -0.15) is 0 Å². The topological polar surface area (TPSA) is 72.8 Å². The number of carbonyl (C=O) groups is 2. The van der Waals surface area contributed by atoms with Crippen molar-refractivity contribution in [1.29, 1.82) is 0 Å². The van der Waals surface area contributed by atoms with Crippen LogP contribution < -0.4 is 0 Å². The summed E-state index contributed by atoms with van der Waals surface area (Å²) in [4.78, 5) is 24.3. The summed E-state index contributed by atoms with van der Waals surface area (Å²) in [5.74, 6) is -0.649. The quantitative estimate of drug-likeness (QED) is 0.0381. The lowest BCUT2D eigenvalue weighted by atomic mass is 10.0. The SMILES string of the molecule is CCCCC/C=C/C/C=C/C/C=C/CCCCCCC(=O)OC[C@H](CO)OC(=O)CCC/C=C/CCCCCCCCCCCCCCCCCCCC. The van der Waals surface area contributed by atoms with Crippen molar-refractivity contribution in [1.82, 2.24) is 0 Å². The third-order valence-electron chi connectivity index (χ3n) is 10.1. The Balaban J connectivity index is 3.56. The van der Waals surface area contributed by atoms with Crippen molar-refractivity contribution in [3.8, 4) is 0 Å². The van der Waals surface area contributed by atoms with Crippen molar-refractivity contribution in [2.45, 2.75) is 238 Å². The Bertz CT molecular complexity index is 904. The number of hydrogen-bond donors (Lipinski definition) is 1. The number of unbranched alkanes of at least 4 members (excludes halogenated alkanes) is 26. The molecule has 0 fully saturated rings. The van der Waals surface area contributed by atoms with E-state index in [4.69, 9.17) is 9.47 Å². The predicted molar refractivity (Wildman–Crippen MR) is 233 cm³/mol. The Morgan fingerprint density at radius 3 is 1.22 bits per heavy atom. The Kier molecular flexibility index (Phi) is 43.5. The number of allylic oxidation sites excluding steroid dienone is 8. The second-order valence-corrected chi connectivity index (χ2v) is 15.5. The molecule has 0 bridgehead atoms. The minimum absolute atomic E-state index is 0.0884. The molecule has 0 aromatic rings. The molecule has 1 N–H and O–H groups in total. The highest BCUT2D eigenvalue weighted by Crippen LogP contribution is 2.15. The zero-order chi connectivity index (χ0) is 39.3. The number of rotatable bonds is 42.